The number of fused-ring (bicyclic) bond motifs is 1. The van der Waals surface area contributed by atoms with Gasteiger partial charge in [0.2, 0.25) is 5.91 Å². The van der Waals surface area contributed by atoms with Crippen LogP contribution in [0.25, 0.3) is 6.08 Å². The van der Waals surface area contributed by atoms with Crippen LogP contribution in [0.15, 0.2) is 29.2 Å². The highest BCUT2D eigenvalue weighted by Crippen LogP contribution is 2.40. The van der Waals surface area contributed by atoms with Gasteiger partial charge in [-0.3, -0.25) is 9.59 Å². The van der Waals surface area contributed by atoms with E-state index in [9.17, 15) is 9.59 Å². The van der Waals surface area contributed by atoms with E-state index >= 15 is 0 Å². The lowest BCUT2D eigenvalue weighted by molar-refractivity contribution is -0.137. The second-order valence-corrected chi connectivity index (χ2v) is 9.14. The zero-order chi connectivity index (χ0) is 20.8. The van der Waals surface area contributed by atoms with Crippen LogP contribution in [0, 0.1) is 5.92 Å². The second kappa shape index (κ2) is 10.2. The van der Waals surface area contributed by atoms with Gasteiger partial charge in [0.05, 0.1) is 12.0 Å². The summed E-state index contributed by atoms with van der Waals surface area (Å²) in [6.45, 7) is 5.87. The minimum absolute atomic E-state index is 0.0270. The van der Waals surface area contributed by atoms with Gasteiger partial charge in [-0.2, -0.15) is 0 Å². The molecule has 0 aromatic heterocycles. The number of carbonyl (C=O) groups is 2. The first-order valence-electron chi connectivity index (χ1n) is 10.7. The molecule has 1 aromatic rings. The van der Waals surface area contributed by atoms with Gasteiger partial charge < -0.3 is 15.0 Å². The fourth-order valence-corrected chi connectivity index (χ4v) is 5.52. The van der Waals surface area contributed by atoms with Gasteiger partial charge in [0.25, 0.3) is 5.91 Å². The molecule has 1 N–H and O–H groups in total. The van der Waals surface area contributed by atoms with Crippen LogP contribution < -0.4 is 10.1 Å². The molecule has 0 spiro atoms. The Kier molecular flexibility index (Phi) is 7.64. The molecule has 158 valence electrons. The molecule has 1 saturated carbocycles. The van der Waals surface area contributed by atoms with Crippen molar-refractivity contribution < 1.29 is 14.3 Å². The van der Waals surface area contributed by atoms with Gasteiger partial charge >= 0.3 is 0 Å². The summed E-state index contributed by atoms with van der Waals surface area (Å²) in [5.41, 5.74) is 0.957. The standard InChI is InChI=1S/C23H32N2O3S/c1-4-11-25(12-5-2)23(27)17-9-10-20-19(15-17)24-22(26)21(29-20)14-16-7-6-8-18(13-16)28-3/h6-8,13-14,17,19-20H,4-5,9-12,15H2,1-3H3,(H,24,26)/b21-14+. The molecule has 3 atom stereocenters. The topological polar surface area (TPSA) is 58.6 Å². The fraction of sp³-hybridized carbons (Fsp3) is 0.565. The van der Waals surface area contributed by atoms with Crippen molar-refractivity contribution in [1.29, 1.82) is 0 Å². The highest BCUT2D eigenvalue weighted by Gasteiger charge is 2.40. The number of carbonyl (C=O) groups excluding carboxylic acids is 2. The Balaban J connectivity index is 1.66. The largest absolute Gasteiger partial charge is 0.497 e. The summed E-state index contributed by atoms with van der Waals surface area (Å²) in [5, 5.41) is 3.51. The molecule has 0 radical (unpaired) electrons. The molecule has 5 nitrogen and oxygen atoms in total. The molecule has 1 aliphatic carbocycles. The number of rotatable bonds is 7. The van der Waals surface area contributed by atoms with Crippen LogP contribution in [-0.2, 0) is 9.59 Å². The summed E-state index contributed by atoms with van der Waals surface area (Å²) in [6.07, 6.45) is 6.50. The summed E-state index contributed by atoms with van der Waals surface area (Å²) in [5.74, 6) is 1.04. The first kappa shape index (κ1) is 21.8. The minimum Gasteiger partial charge on any atom is -0.497 e. The third-order valence-corrected chi connectivity index (χ3v) is 7.07. The quantitative estimate of drug-likeness (QED) is 0.681. The Bertz CT molecular complexity index is 758. The predicted molar refractivity (Wildman–Crippen MR) is 119 cm³/mol. The number of ether oxygens (including phenoxy) is 1. The Morgan fingerprint density at radius 3 is 2.72 bits per heavy atom. The van der Waals surface area contributed by atoms with Crippen molar-refractivity contribution in [2.45, 2.75) is 57.2 Å². The van der Waals surface area contributed by atoms with E-state index in [0.717, 1.165) is 61.4 Å². The maximum Gasteiger partial charge on any atom is 0.257 e. The molecule has 3 rings (SSSR count). The third-order valence-electron chi connectivity index (χ3n) is 5.65. The molecule has 2 amide bonds. The van der Waals surface area contributed by atoms with E-state index in [0.29, 0.717) is 5.25 Å². The van der Waals surface area contributed by atoms with Gasteiger partial charge in [0.15, 0.2) is 0 Å². The Morgan fingerprint density at radius 1 is 1.28 bits per heavy atom. The molecule has 1 aliphatic heterocycles. The molecule has 1 aromatic carbocycles. The lowest BCUT2D eigenvalue weighted by Gasteiger charge is -2.40. The van der Waals surface area contributed by atoms with Crippen molar-refractivity contribution in [3.05, 3.63) is 34.7 Å². The van der Waals surface area contributed by atoms with Gasteiger partial charge in [-0.05, 0) is 55.9 Å². The van der Waals surface area contributed by atoms with Gasteiger partial charge in [0, 0.05) is 30.3 Å². The average Bonchev–Trinajstić information content (AvgIpc) is 2.73. The van der Waals surface area contributed by atoms with Crippen LogP contribution in [0.1, 0.15) is 51.5 Å². The maximum atomic E-state index is 13.0. The normalized spacial score (nSPS) is 25.3. The highest BCUT2D eigenvalue weighted by atomic mass is 32.2. The zero-order valence-corrected chi connectivity index (χ0v) is 18.5. The van der Waals surface area contributed by atoms with E-state index in [-0.39, 0.29) is 23.8 Å². The van der Waals surface area contributed by atoms with Crippen molar-refractivity contribution in [3.63, 3.8) is 0 Å². The second-order valence-electron chi connectivity index (χ2n) is 7.86. The number of hydrogen-bond donors (Lipinski definition) is 1. The van der Waals surface area contributed by atoms with E-state index < -0.39 is 0 Å². The monoisotopic (exact) mass is 416 g/mol. The Hall–Kier alpha value is -1.95. The number of thioether (sulfide) groups is 1. The first-order chi connectivity index (χ1) is 14.0. The van der Waals surface area contributed by atoms with Crippen LogP contribution in [0.5, 0.6) is 5.75 Å². The first-order valence-corrected chi connectivity index (χ1v) is 11.6. The summed E-state index contributed by atoms with van der Waals surface area (Å²) in [4.78, 5) is 28.4. The molecule has 29 heavy (non-hydrogen) atoms. The van der Waals surface area contributed by atoms with E-state index in [1.165, 1.54) is 0 Å². The van der Waals surface area contributed by atoms with Crippen molar-refractivity contribution in [3.8, 4) is 5.75 Å². The van der Waals surface area contributed by atoms with Crippen molar-refractivity contribution >= 4 is 29.7 Å². The summed E-state index contributed by atoms with van der Waals surface area (Å²) >= 11 is 1.66. The molecule has 1 saturated heterocycles. The van der Waals surface area contributed by atoms with E-state index in [4.69, 9.17) is 4.74 Å². The van der Waals surface area contributed by atoms with Crippen LogP contribution in [0.3, 0.4) is 0 Å². The van der Waals surface area contributed by atoms with E-state index in [1.54, 1.807) is 18.9 Å². The Morgan fingerprint density at radius 2 is 2.03 bits per heavy atom. The summed E-state index contributed by atoms with van der Waals surface area (Å²) in [6, 6.07) is 7.79. The maximum absolute atomic E-state index is 13.0. The van der Waals surface area contributed by atoms with Gasteiger partial charge in [0.1, 0.15) is 5.75 Å². The SMILES string of the molecule is CCCN(CCC)C(=O)C1CCC2S/C(=C/c3cccc(OC)c3)C(=O)NC2C1. The van der Waals surface area contributed by atoms with Crippen LogP contribution in [-0.4, -0.2) is 48.2 Å². The highest BCUT2D eigenvalue weighted by molar-refractivity contribution is 8.04. The number of hydrogen-bond acceptors (Lipinski definition) is 4. The average molecular weight is 417 g/mol. The number of amides is 2. The van der Waals surface area contributed by atoms with Crippen LogP contribution in [0.2, 0.25) is 0 Å². The molecule has 3 unspecified atom stereocenters. The molecule has 6 heteroatoms. The molecular weight excluding hydrogens is 384 g/mol. The van der Waals surface area contributed by atoms with Crippen LogP contribution in [0.4, 0.5) is 0 Å². The van der Waals surface area contributed by atoms with Gasteiger partial charge in [-0.1, -0.05) is 26.0 Å². The molecule has 2 fully saturated rings. The van der Waals surface area contributed by atoms with E-state index in [1.807, 2.05) is 35.2 Å². The minimum atomic E-state index is -0.0360. The Labute approximate surface area is 178 Å². The summed E-state index contributed by atoms with van der Waals surface area (Å²) < 4.78 is 5.27. The van der Waals surface area contributed by atoms with Crippen LogP contribution >= 0.6 is 11.8 Å². The van der Waals surface area contributed by atoms with Gasteiger partial charge in [-0.15, -0.1) is 11.8 Å². The lowest BCUT2D eigenvalue weighted by atomic mass is 9.84. The predicted octanol–water partition coefficient (Wildman–Crippen LogP) is 4.09. The van der Waals surface area contributed by atoms with Gasteiger partial charge in [-0.25, -0.2) is 0 Å². The third kappa shape index (κ3) is 5.35. The zero-order valence-electron chi connectivity index (χ0n) is 17.6. The van der Waals surface area contributed by atoms with E-state index in [2.05, 4.69) is 19.2 Å². The number of benzene rings is 1. The number of nitrogens with one attached hydrogen (secondary N) is 1. The van der Waals surface area contributed by atoms with Crippen molar-refractivity contribution in [2.75, 3.05) is 20.2 Å². The fourth-order valence-electron chi connectivity index (χ4n) is 4.23. The number of nitrogens with zero attached hydrogens (tertiary/aromatic N) is 1. The van der Waals surface area contributed by atoms with Crippen molar-refractivity contribution in [2.24, 2.45) is 5.92 Å². The smallest absolute Gasteiger partial charge is 0.257 e. The van der Waals surface area contributed by atoms with Crippen molar-refractivity contribution in [1.82, 2.24) is 10.2 Å². The lowest BCUT2D eigenvalue weighted by Crippen LogP contribution is -2.52. The molecule has 2 aliphatic rings. The molecule has 1 heterocycles. The molecule has 0 bridgehead atoms. The molecular formula is C23H32N2O3S. The number of methoxy groups -OCH3 is 1. The summed E-state index contributed by atoms with van der Waals surface area (Å²) in [7, 11) is 1.64.